The lowest BCUT2D eigenvalue weighted by molar-refractivity contribution is -0.133. The molecule has 1 amide bonds. The Balaban J connectivity index is 2.35. The number of nitrogens with zero attached hydrogens (tertiary/aromatic N) is 1. The minimum atomic E-state index is 0.121. The number of halogens is 1. The molecule has 1 rings (SSSR count). The van der Waals surface area contributed by atoms with E-state index in [0.29, 0.717) is 25.5 Å². The van der Waals surface area contributed by atoms with Gasteiger partial charge in [-0.25, -0.2) is 0 Å². The van der Waals surface area contributed by atoms with Crippen LogP contribution >= 0.6 is 11.6 Å². The first-order valence-corrected chi connectivity index (χ1v) is 7.22. The number of para-hydroxylation sites is 1. The highest BCUT2D eigenvalue weighted by Crippen LogP contribution is 2.09. The molecule has 106 valence electrons. The molecular weight excluding hydrogens is 262 g/mol. The van der Waals surface area contributed by atoms with Gasteiger partial charge in [0.15, 0.2) is 0 Å². The predicted octanol–water partition coefficient (Wildman–Crippen LogP) is 3.32. The van der Waals surface area contributed by atoms with E-state index in [1.807, 2.05) is 49.1 Å². The van der Waals surface area contributed by atoms with Gasteiger partial charge in [-0.3, -0.25) is 4.79 Å². The maximum absolute atomic E-state index is 12.1. The van der Waals surface area contributed by atoms with E-state index in [2.05, 4.69) is 0 Å². The molecule has 0 saturated heterocycles. The van der Waals surface area contributed by atoms with E-state index in [0.717, 1.165) is 12.2 Å². The highest BCUT2D eigenvalue weighted by atomic mass is 35.5. The Hall–Kier alpha value is -1.22. The number of hydrogen-bond donors (Lipinski definition) is 0. The lowest BCUT2D eigenvalue weighted by Crippen LogP contribution is -2.38. The molecular formula is C15H22ClNO2. The Morgan fingerprint density at radius 2 is 2.00 bits per heavy atom. The van der Waals surface area contributed by atoms with Crippen molar-refractivity contribution < 1.29 is 9.53 Å². The zero-order valence-electron chi connectivity index (χ0n) is 11.6. The Morgan fingerprint density at radius 1 is 1.32 bits per heavy atom. The maximum Gasteiger partial charge on any atom is 0.226 e. The van der Waals surface area contributed by atoms with Crippen molar-refractivity contribution in [2.75, 3.05) is 19.0 Å². The van der Waals surface area contributed by atoms with Crippen LogP contribution in [0.25, 0.3) is 0 Å². The van der Waals surface area contributed by atoms with Crippen LogP contribution in [0.15, 0.2) is 30.3 Å². The summed E-state index contributed by atoms with van der Waals surface area (Å²) < 4.78 is 5.54. The molecule has 1 aromatic rings. The summed E-state index contributed by atoms with van der Waals surface area (Å²) in [5.74, 6) is 1.50. The second-order valence-electron chi connectivity index (χ2n) is 4.63. The Bertz CT molecular complexity index is 368. The minimum absolute atomic E-state index is 0.121. The van der Waals surface area contributed by atoms with Crippen LogP contribution in [0.3, 0.4) is 0 Å². The van der Waals surface area contributed by atoms with Gasteiger partial charge >= 0.3 is 0 Å². The molecule has 0 N–H and O–H groups in total. The fourth-order valence-electron chi connectivity index (χ4n) is 1.82. The molecule has 0 aliphatic carbocycles. The van der Waals surface area contributed by atoms with Gasteiger partial charge in [0.1, 0.15) is 5.75 Å². The first kappa shape index (κ1) is 15.8. The van der Waals surface area contributed by atoms with Crippen molar-refractivity contribution in [1.82, 2.24) is 4.90 Å². The molecule has 0 unspecified atom stereocenters. The molecule has 4 heteroatoms. The van der Waals surface area contributed by atoms with E-state index in [1.165, 1.54) is 0 Å². The smallest absolute Gasteiger partial charge is 0.226 e. The lowest BCUT2D eigenvalue weighted by Gasteiger charge is -2.26. The van der Waals surface area contributed by atoms with E-state index < -0.39 is 0 Å². The highest BCUT2D eigenvalue weighted by Gasteiger charge is 2.16. The van der Waals surface area contributed by atoms with Crippen LogP contribution in [-0.2, 0) is 4.79 Å². The molecule has 1 aromatic carbocycles. The summed E-state index contributed by atoms with van der Waals surface area (Å²) >= 11 is 5.68. The van der Waals surface area contributed by atoms with Crippen LogP contribution in [0.4, 0.5) is 0 Å². The van der Waals surface area contributed by atoms with Crippen molar-refractivity contribution in [3.05, 3.63) is 30.3 Å². The average Bonchev–Trinajstić information content (AvgIpc) is 2.40. The van der Waals surface area contributed by atoms with Gasteiger partial charge in [0, 0.05) is 18.5 Å². The van der Waals surface area contributed by atoms with Crippen molar-refractivity contribution in [3.8, 4) is 5.75 Å². The first-order chi connectivity index (χ1) is 9.15. The van der Waals surface area contributed by atoms with Crippen molar-refractivity contribution >= 4 is 17.5 Å². The van der Waals surface area contributed by atoms with Gasteiger partial charge in [-0.2, -0.15) is 0 Å². The summed E-state index contributed by atoms with van der Waals surface area (Å²) in [7, 11) is 0. The molecule has 0 radical (unpaired) electrons. The highest BCUT2D eigenvalue weighted by molar-refractivity contribution is 6.17. The quantitative estimate of drug-likeness (QED) is 0.685. The summed E-state index contributed by atoms with van der Waals surface area (Å²) in [6, 6.07) is 9.74. The molecule has 0 bridgehead atoms. The van der Waals surface area contributed by atoms with E-state index in [1.54, 1.807) is 0 Å². The molecule has 0 heterocycles. The number of alkyl halides is 1. The van der Waals surface area contributed by atoms with E-state index in [4.69, 9.17) is 16.3 Å². The second kappa shape index (κ2) is 8.81. The number of amides is 1. The molecule has 0 aliphatic rings. The Kier molecular flexibility index (Phi) is 7.34. The number of hydrogen-bond acceptors (Lipinski definition) is 2. The molecule has 0 saturated carbocycles. The van der Waals surface area contributed by atoms with Crippen molar-refractivity contribution in [1.29, 1.82) is 0 Å². The fraction of sp³-hybridized carbons (Fsp3) is 0.533. The third-order valence-electron chi connectivity index (χ3n) is 2.80. The molecule has 0 aromatic heterocycles. The zero-order chi connectivity index (χ0) is 14.1. The maximum atomic E-state index is 12.1. The van der Waals surface area contributed by atoms with Gasteiger partial charge in [-0.15, -0.1) is 11.6 Å². The van der Waals surface area contributed by atoms with Gasteiger partial charge in [-0.1, -0.05) is 18.2 Å². The van der Waals surface area contributed by atoms with Gasteiger partial charge in [0.25, 0.3) is 0 Å². The van der Waals surface area contributed by atoms with Crippen LogP contribution in [0.1, 0.15) is 26.7 Å². The van der Waals surface area contributed by atoms with Gasteiger partial charge in [0.05, 0.1) is 13.0 Å². The SMILES string of the molecule is CC(C)N(CCCCl)C(=O)CCOc1ccccc1. The van der Waals surface area contributed by atoms with Crippen molar-refractivity contribution in [3.63, 3.8) is 0 Å². The molecule has 0 spiro atoms. The third kappa shape index (κ3) is 5.97. The molecule has 0 fully saturated rings. The summed E-state index contributed by atoms with van der Waals surface area (Å²) in [6.07, 6.45) is 1.22. The molecule has 0 aliphatic heterocycles. The van der Waals surface area contributed by atoms with Crippen molar-refractivity contribution in [2.45, 2.75) is 32.7 Å². The summed E-state index contributed by atoms with van der Waals surface area (Å²) in [6.45, 7) is 5.16. The number of ether oxygens (including phenoxy) is 1. The number of carbonyl (C=O) groups is 1. The normalized spacial score (nSPS) is 10.5. The number of rotatable bonds is 8. The van der Waals surface area contributed by atoms with Crippen LogP contribution in [0.5, 0.6) is 5.75 Å². The number of benzene rings is 1. The van der Waals surface area contributed by atoms with Gasteiger partial charge < -0.3 is 9.64 Å². The van der Waals surface area contributed by atoms with Crippen LogP contribution in [-0.4, -0.2) is 35.9 Å². The summed E-state index contributed by atoms with van der Waals surface area (Å²) in [5.41, 5.74) is 0. The first-order valence-electron chi connectivity index (χ1n) is 6.68. The van der Waals surface area contributed by atoms with Crippen LogP contribution < -0.4 is 4.74 Å². The van der Waals surface area contributed by atoms with Gasteiger partial charge in [-0.05, 0) is 32.4 Å². The molecule has 0 atom stereocenters. The predicted molar refractivity (Wildman–Crippen MR) is 78.7 cm³/mol. The van der Waals surface area contributed by atoms with E-state index in [9.17, 15) is 4.79 Å². The van der Waals surface area contributed by atoms with E-state index >= 15 is 0 Å². The zero-order valence-corrected chi connectivity index (χ0v) is 12.4. The average molecular weight is 284 g/mol. The molecule has 19 heavy (non-hydrogen) atoms. The Labute approximate surface area is 120 Å². The molecule has 3 nitrogen and oxygen atoms in total. The van der Waals surface area contributed by atoms with Crippen LogP contribution in [0.2, 0.25) is 0 Å². The lowest BCUT2D eigenvalue weighted by atomic mass is 10.2. The topological polar surface area (TPSA) is 29.5 Å². The summed E-state index contributed by atoms with van der Waals surface area (Å²) in [5, 5.41) is 0. The fourth-order valence-corrected chi connectivity index (χ4v) is 1.94. The monoisotopic (exact) mass is 283 g/mol. The Morgan fingerprint density at radius 3 is 2.58 bits per heavy atom. The second-order valence-corrected chi connectivity index (χ2v) is 5.01. The van der Waals surface area contributed by atoms with E-state index in [-0.39, 0.29) is 11.9 Å². The minimum Gasteiger partial charge on any atom is -0.493 e. The number of carbonyl (C=O) groups excluding carboxylic acids is 1. The van der Waals surface area contributed by atoms with Gasteiger partial charge in [0.2, 0.25) is 5.91 Å². The van der Waals surface area contributed by atoms with Crippen LogP contribution in [0, 0.1) is 0 Å². The third-order valence-corrected chi connectivity index (χ3v) is 3.07. The standard InChI is InChI=1S/C15H22ClNO2/c1-13(2)17(11-6-10-16)15(18)9-12-19-14-7-4-3-5-8-14/h3-5,7-8,13H,6,9-12H2,1-2H3. The van der Waals surface area contributed by atoms with Crippen molar-refractivity contribution in [2.24, 2.45) is 0 Å². The summed E-state index contributed by atoms with van der Waals surface area (Å²) in [4.78, 5) is 13.9. The largest absolute Gasteiger partial charge is 0.493 e.